The van der Waals surface area contributed by atoms with Crippen LogP contribution in [0.3, 0.4) is 0 Å². The standard InChI is InChI=1S/C24BF20.C14H16NO/c26-5-1(6(27)14(35)21(42)13(5)34)25(2-7(28)15(36)22(43)16(37)8(2)29,3-9(30)17(38)23(44)18(39)10(3)31)4-11(32)19(40)24(45)20(41)12(4)33;1-2-16-14-8-6-13(7-9-14)12-15-10-4-3-5-11-15/h;3-11H,2,12H2,1H3/q-1;+1. The van der Waals surface area contributed by atoms with E-state index in [0.717, 1.165) is 12.3 Å². The van der Waals surface area contributed by atoms with E-state index in [9.17, 15) is 52.7 Å². The van der Waals surface area contributed by atoms with E-state index < -0.39 is 144 Å². The van der Waals surface area contributed by atoms with Crippen LogP contribution < -0.4 is 31.2 Å². The van der Waals surface area contributed by atoms with Crippen molar-refractivity contribution in [3.8, 4) is 5.75 Å². The van der Waals surface area contributed by atoms with Crippen molar-refractivity contribution in [2.75, 3.05) is 6.61 Å². The second kappa shape index (κ2) is 17.4. The average Bonchev–Trinajstić information content (AvgIpc) is 3.25. The molecule has 23 heteroatoms. The summed E-state index contributed by atoms with van der Waals surface area (Å²) < 4.78 is 302. The van der Waals surface area contributed by atoms with E-state index in [2.05, 4.69) is 29.1 Å². The summed E-state index contributed by atoms with van der Waals surface area (Å²) in [5, 5.41) is 0. The summed E-state index contributed by atoms with van der Waals surface area (Å²) in [6, 6.07) is 14.3. The van der Waals surface area contributed by atoms with E-state index >= 15 is 35.1 Å². The van der Waals surface area contributed by atoms with Crippen LogP contribution in [0.1, 0.15) is 12.5 Å². The van der Waals surface area contributed by atoms with Gasteiger partial charge in [0, 0.05) is 17.7 Å². The van der Waals surface area contributed by atoms with Crippen LogP contribution in [0, 0.1) is 116 Å². The van der Waals surface area contributed by atoms with Gasteiger partial charge in [-0.05, 0) is 31.2 Å². The first-order chi connectivity index (χ1) is 28.6. The molecule has 0 aliphatic heterocycles. The summed E-state index contributed by atoms with van der Waals surface area (Å²) in [5.41, 5.74) is -13.1. The van der Waals surface area contributed by atoms with Gasteiger partial charge in [-0.15, -0.1) is 21.9 Å². The Kier molecular flexibility index (Phi) is 13.0. The summed E-state index contributed by atoms with van der Waals surface area (Å²) in [5.74, 6) is -70.5. The van der Waals surface area contributed by atoms with E-state index in [0.29, 0.717) is 6.61 Å². The summed E-state index contributed by atoms with van der Waals surface area (Å²) in [6.45, 7) is 3.60. The monoisotopic (exact) mass is 893 g/mol. The van der Waals surface area contributed by atoms with Crippen LogP contribution in [-0.4, -0.2) is 12.8 Å². The molecule has 0 spiro atoms. The highest BCUT2D eigenvalue weighted by Gasteiger charge is 2.52. The first kappa shape index (κ1) is 45.8. The Morgan fingerprint density at radius 3 is 0.852 bits per heavy atom. The molecule has 0 saturated carbocycles. The number of pyridine rings is 1. The van der Waals surface area contributed by atoms with E-state index in [-0.39, 0.29) is 0 Å². The fourth-order valence-electron chi connectivity index (χ4n) is 6.48. The average molecular weight is 893 g/mol. The third kappa shape index (κ3) is 7.47. The molecular formula is C38H16BF20NO. The van der Waals surface area contributed by atoms with Crippen LogP contribution >= 0.6 is 0 Å². The molecule has 0 saturated heterocycles. The quantitative estimate of drug-likeness (QED) is 0.0494. The Labute approximate surface area is 327 Å². The van der Waals surface area contributed by atoms with Gasteiger partial charge in [0.05, 0.1) is 6.61 Å². The first-order valence-electron chi connectivity index (χ1n) is 16.5. The van der Waals surface area contributed by atoms with Crippen LogP contribution in [-0.2, 0) is 6.54 Å². The minimum atomic E-state index is -7.22. The number of benzene rings is 5. The molecular weight excluding hydrogens is 877 g/mol. The van der Waals surface area contributed by atoms with E-state index in [1.54, 1.807) is 0 Å². The van der Waals surface area contributed by atoms with Crippen LogP contribution in [0.15, 0.2) is 54.9 Å². The number of rotatable bonds is 8. The van der Waals surface area contributed by atoms with Crippen molar-refractivity contribution in [2.24, 2.45) is 0 Å². The Hall–Kier alpha value is -6.29. The van der Waals surface area contributed by atoms with Gasteiger partial charge in [-0.3, -0.25) is 0 Å². The van der Waals surface area contributed by atoms with Crippen molar-refractivity contribution >= 4 is 28.0 Å². The van der Waals surface area contributed by atoms with Gasteiger partial charge in [0.15, 0.2) is 88.7 Å². The van der Waals surface area contributed by atoms with Gasteiger partial charge in [-0.25, -0.2) is 92.4 Å². The predicted octanol–water partition coefficient (Wildman–Crippen LogP) is 8.27. The molecule has 1 aromatic heterocycles. The molecule has 0 fully saturated rings. The molecule has 1 heterocycles. The lowest BCUT2D eigenvalue weighted by Crippen LogP contribution is -2.81. The topological polar surface area (TPSA) is 13.1 Å². The smallest absolute Gasteiger partial charge is 0.200 e. The Morgan fingerprint density at radius 2 is 0.607 bits per heavy atom. The fourth-order valence-corrected chi connectivity index (χ4v) is 6.48. The summed E-state index contributed by atoms with van der Waals surface area (Å²) >= 11 is 0. The SMILES string of the molecule is CCOc1ccc(C[n+]2ccccc2)cc1.Fc1c(F)c(F)c([B-](c2c(F)c(F)c(F)c(F)c2F)(c2c(F)c(F)c(F)c(F)c2F)c2c(F)c(F)c(F)c(F)c2F)c(F)c1F. The first-order valence-corrected chi connectivity index (χ1v) is 16.5. The maximum atomic E-state index is 15.4. The largest absolute Gasteiger partial charge is 0.494 e. The molecule has 0 aliphatic rings. The molecule has 0 amide bonds. The summed E-state index contributed by atoms with van der Waals surface area (Å²) in [7, 11) is 0. The van der Waals surface area contributed by atoms with Crippen molar-refractivity contribution in [3.63, 3.8) is 0 Å². The van der Waals surface area contributed by atoms with Crippen molar-refractivity contribution < 1.29 is 97.1 Å². The molecule has 0 radical (unpaired) electrons. The molecule has 0 N–H and O–H groups in total. The molecule has 6 rings (SSSR count). The second-order valence-electron chi connectivity index (χ2n) is 12.4. The zero-order valence-electron chi connectivity index (χ0n) is 29.6. The molecule has 0 aliphatic carbocycles. The maximum absolute atomic E-state index is 15.4. The molecule has 5 aromatic carbocycles. The number of nitrogens with zero attached hydrogens (tertiary/aromatic N) is 1. The van der Waals surface area contributed by atoms with Crippen molar-refractivity contribution in [1.82, 2.24) is 0 Å². The number of aromatic nitrogens is 1. The highest BCUT2D eigenvalue weighted by Crippen LogP contribution is 2.30. The Balaban J connectivity index is 0.000000366. The highest BCUT2D eigenvalue weighted by molar-refractivity contribution is 7.20. The third-order valence-electron chi connectivity index (χ3n) is 9.08. The Morgan fingerprint density at radius 1 is 0.361 bits per heavy atom. The number of halogens is 20. The number of ether oxygens (including phenoxy) is 1. The summed E-state index contributed by atoms with van der Waals surface area (Å²) in [4.78, 5) is 0. The lowest BCUT2D eigenvalue weighted by atomic mass is 9.12. The van der Waals surface area contributed by atoms with Crippen LogP contribution in [0.25, 0.3) is 0 Å². The van der Waals surface area contributed by atoms with Gasteiger partial charge < -0.3 is 4.74 Å². The van der Waals surface area contributed by atoms with Crippen LogP contribution in [0.5, 0.6) is 5.75 Å². The number of hydrogen-bond donors (Lipinski definition) is 0. The van der Waals surface area contributed by atoms with Gasteiger partial charge in [0.2, 0.25) is 0 Å². The lowest BCUT2D eigenvalue weighted by molar-refractivity contribution is -0.688. The van der Waals surface area contributed by atoms with E-state index in [4.69, 9.17) is 4.74 Å². The normalized spacial score (nSPS) is 11.5. The lowest BCUT2D eigenvalue weighted by Gasteiger charge is -2.44. The maximum Gasteiger partial charge on any atom is 0.200 e. The van der Waals surface area contributed by atoms with Gasteiger partial charge in [0.25, 0.3) is 0 Å². The zero-order chi connectivity index (χ0) is 45.6. The third-order valence-corrected chi connectivity index (χ3v) is 9.08. The highest BCUT2D eigenvalue weighted by atomic mass is 19.2. The van der Waals surface area contributed by atoms with Gasteiger partial charge in [-0.1, -0.05) is 6.07 Å². The molecule has 322 valence electrons. The van der Waals surface area contributed by atoms with Gasteiger partial charge in [-0.2, -0.15) is 0 Å². The molecule has 0 atom stereocenters. The molecule has 0 unspecified atom stereocenters. The molecule has 0 bridgehead atoms. The minimum Gasteiger partial charge on any atom is -0.494 e. The van der Waals surface area contributed by atoms with E-state index in [1.165, 1.54) is 5.56 Å². The molecule has 2 nitrogen and oxygen atoms in total. The summed E-state index contributed by atoms with van der Waals surface area (Å²) in [6.07, 6.45) is -3.09. The van der Waals surface area contributed by atoms with Crippen molar-refractivity contribution in [2.45, 2.75) is 13.5 Å². The zero-order valence-corrected chi connectivity index (χ0v) is 29.6. The van der Waals surface area contributed by atoms with Gasteiger partial charge in [0.1, 0.15) is 58.4 Å². The van der Waals surface area contributed by atoms with E-state index in [1.807, 2.05) is 37.3 Å². The Bertz CT molecular complexity index is 2300. The number of hydrogen-bond acceptors (Lipinski definition) is 1. The minimum absolute atomic E-state index is 0.715. The molecule has 6 aromatic rings. The fraction of sp³-hybridized carbons (Fsp3) is 0.0789. The second-order valence-corrected chi connectivity index (χ2v) is 12.4. The van der Waals surface area contributed by atoms with Gasteiger partial charge >= 0.3 is 0 Å². The van der Waals surface area contributed by atoms with Crippen LogP contribution in [0.2, 0.25) is 0 Å². The van der Waals surface area contributed by atoms with Crippen molar-refractivity contribution in [1.29, 1.82) is 0 Å². The van der Waals surface area contributed by atoms with Crippen LogP contribution in [0.4, 0.5) is 87.8 Å². The predicted molar refractivity (Wildman–Crippen MR) is 173 cm³/mol. The van der Waals surface area contributed by atoms with Crippen molar-refractivity contribution in [3.05, 3.63) is 177 Å². The molecule has 61 heavy (non-hydrogen) atoms.